The molecule has 1 N–H and O–H groups in total. The van der Waals surface area contributed by atoms with Crippen molar-refractivity contribution in [3.05, 3.63) is 29.3 Å². The second-order valence-electron chi connectivity index (χ2n) is 5.60. The van der Waals surface area contributed by atoms with Crippen molar-refractivity contribution < 1.29 is 9.90 Å². The van der Waals surface area contributed by atoms with Gasteiger partial charge in [0.05, 0.1) is 5.56 Å². The van der Waals surface area contributed by atoms with E-state index in [2.05, 4.69) is 11.8 Å². The molecule has 0 atom stereocenters. The van der Waals surface area contributed by atoms with Gasteiger partial charge in [-0.25, -0.2) is 0 Å². The minimum absolute atomic E-state index is 0.0680. The number of carbonyl (C=O) groups is 1. The Bertz CT molecular complexity index is 479. The fraction of sp³-hybridized carbons (Fsp3) is 0.562. The number of nitrogens with zero attached hydrogens (tertiary/aromatic N) is 2. The number of likely N-dealkylation sites (tertiary alicyclic amines) is 1. The molecule has 20 heavy (non-hydrogen) atoms. The molecule has 2 rings (SSSR count). The number of benzene rings is 1. The van der Waals surface area contributed by atoms with E-state index in [0.717, 1.165) is 38.0 Å². The van der Waals surface area contributed by atoms with Crippen molar-refractivity contribution in [2.45, 2.75) is 32.7 Å². The van der Waals surface area contributed by atoms with Crippen molar-refractivity contribution in [3.63, 3.8) is 0 Å². The van der Waals surface area contributed by atoms with E-state index in [4.69, 9.17) is 0 Å². The number of piperidine rings is 1. The number of carbonyl (C=O) groups excluding carboxylic acids is 1. The molecule has 0 spiro atoms. The molecule has 0 aliphatic carbocycles. The number of aryl methyl sites for hydroxylation is 1. The Kier molecular flexibility index (Phi) is 4.65. The van der Waals surface area contributed by atoms with Gasteiger partial charge in [0.2, 0.25) is 0 Å². The van der Waals surface area contributed by atoms with Crippen LogP contribution in [-0.4, -0.2) is 53.5 Å². The third-order valence-corrected chi connectivity index (χ3v) is 4.25. The van der Waals surface area contributed by atoms with E-state index in [1.54, 1.807) is 17.0 Å². The molecule has 4 nitrogen and oxygen atoms in total. The second-order valence-corrected chi connectivity index (χ2v) is 5.60. The van der Waals surface area contributed by atoms with Crippen LogP contribution >= 0.6 is 0 Å². The molecule has 1 heterocycles. The molecule has 1 aliphatic heterocycles. The maximum atomic E-state index is 12.5. The maximum absolute atomic E-state index is 12.5. The summed E-state index contributed by atoms with van der Waals surface area (Å²) in [5.74, 6) is -0.0143. The van der Waals surface area contributed by atoms with Crippen molar-refractivity contribution in [1.29, 1.82) is 0 Å². The van der Waals surface area contributed by atoms with Gasteiger partial charge in [-0.05, 0) is 38.4 Å². The highest BCUT2D eigenvalue weighted by Gasteiger charge is 2.26. The molecule has 1 saturated heterocycles. The summed E-state index contributed by atoms with van der Waals surface area (Å²) < 4.78 is 0. The molecule has 1 aliphatic rings. The minimum Gasteiger partial charge on any atom is -0.507 e. The first-order valence-electron chi connectivity index (χ1n) is 7.32. The van der Waals surface area contributed by atoms with Gasteiger partial charge in [-0.1, -0.05) is 18.6 Å². The zero-order valence-corrected chi connectivity index (χ0v) is 12.6. The highest BCUT2D eigenvalue weighted by atomic mass is 16.3. The molecular weight excluding hydrogens is 252 g/mol. The first kappa shape index (κ1) is 14.9. The summed E-state index contributed by atoms with van der Waals surface area (Å²) in [6.07, 6.45) is 2.01. The lowest BCUT2D eigenvalue weighted by Crippen LogP contribution is -2.45. The molecule has 0 bridgehead atoms. The quantitative estimate of drug-likeness (QED) is 0.921. The summed E-state index contributed by atoms with van der Waals surface area (Å²) in [6.45, 7) is 7.25. The average molecular weight is 276 g/mol. The van der Waals surface area contributed by atoms with Crippen LogP contribution in [0.4, 0.5) is 0 Å². The van der Waals surface area contributed by atoms with E-state index in [-0.39, 0.29) is 17.7 Å². The molecule has 1 aromatic rings. The molecule has 0 unspecified atom stereocenters. The lowest BCUT2D eigenvalue weighted by atomic mass is 10.0. The summed E-state index contributed by atoms with van der Waals surface area (Å²) >= 11 is 0. The molecule has 0 radical (unpaired) electrons. The molecule has 4 heteroatoms. The molecular formula is C16H24N2O2. The standard InChI is InChI=1S/C16H24N2O2/c1-4-18-9-7-13(8-10-18)17(3)16(20)14-11-12(2)5-6-15(14)19/h5-6,11,13,19H,4,7-10H2,1-3H3. The molecule has 0 aromatic heterocycles. The van der Waals surface area contributed by atoms with E-state index in [1.807, 2.05) is 20.0 Å². The van der Waals surface area contributed by atoms with Crippen LogP contribution in [0.3, 0.4) is 0 Å². The average Bonchev–Trinajstić information content (AvgIpc) is 2.48. The predicted octanol–water partition coefficient (Wildman–Crippen LogP) is 2.26. The Morgan fingerprint density at radius 1 is 1.40 bits per heavy atom. The second kappa shape index (κ2) is 6.27. The van der Waals surface area contributed by atoms with Gasteiger partial charge in [-0.2, -0.15) is 0 Å². The summed E-state index contributed by atoms with van der Waals surface area (Å²) in [6, 6.07) is 5.43. The monoisotopic (exact) mass is 276 g/mol. The van der Waals surface area contributed by atoms with Gasteiger partial charge in [0, 0.05) is 26.2 Å². The number of hydrogen-bond acceptors (Lipinski definition) is 3. The van der Waals surface area contributed by atoms with Gasteiger partial charge in [0.15, 0.2) is 0 Å². The topological polar surface area (TPSA) is 43.8 Å². The van der Waals surface area contributed by atoms with Crippen LogP contribution in [0.25, 0.3) is 0 Å². The van der Waals surface area contributed by atoms with Crippen molar-refractivity contribution in [2.75, 3.05) is 26.7 Å². The third-order valence-electron chi connectivity index (χ3n) is 4.25. The van der Waals surface area contributed by atoms with Gasteiger partial charge in [0.1, 0.15) is 5.75 Å². The van der Waals surface area contributed by atoms with Gasteiger partial charge in [-0.15, -0.1) is 0 Å². The van der Waals surface area contributed by atoms with Crippen LogP contribution in [0.5, 0.6) is 5.75 Å². The van der Waals surface area contributed by atoms with Crippen molar-refractivity contribution in [2.24, 2.45) is 0 Å². The Balaban J connectivity index is 2.07. The molecule has 1 aromatic carbocycles. The van der Waals surface area contributed by atoms with Gasteiger partial charge >= 0.3 is 0 Å². The first-order valence-corrected chi connectivity index (χ1v) is 7.32. The summed E-state index contributed by atoms with van der Waals surface area (Å²) in [4.78, 5) is 16.7. The fourth-order valence-corrected chi connectivity index (χ4v) is 2.80. The normalized spacial score (nSPS) is 17.1. The number of amides is 1. The smallest absolute Gasteiger partial charge is 0.257 e. The highest BCUT2D eigenvalue weighted by Crippen LogP contribution is 2.23. The highest BCUT2D eigenvalue weighted by molar-refractivity contribution is 5.97. The largest absolute Gasteiger partial charge is 0.507 e. The van der Waals surface area contributed by atoms with Crippen molar-refractivity contribution in [1.82, 2.24) is 9.80 Å². The Labute approximate surface area is 121 Å². The van der Waals surface area contributed by atoms with Crippen LogP contribution in [-0.2, 0) is 0 Å². The van der Waals surface area contributed by atoms with Gasteiger partial charge < -0.3 is 14.9 Å². The van der Waals surface area contributed by atoms with Crippen LogP contribution in [0.2, 0.25) is 0 Å². The summed E-state index contributed by atoms with van der Waals surface area (Å²) in [5.41, 5.74) is 1.39. The van der Waals surface area contributed by atoms with Crippen LogP contribution in [0.1, 0.15) is 35.7 Å². The van der Waals surface area contributed by atoms with E-state index >= 15 is 0 Å². The number of rotatable bonds is 3. The first-order chi connectivity index (χ1) is 9.52. The Morgan fingerprint density at radius 2 is 2.05 bits per heavy atom. The Morgan fingerprint density at radius 3 is 2.65 bits per heavy atom. The number of phenolic OH excluding ortho intramolecular Hbond substituents is 1. The van der Waals surface area contributed by atoms with Crippen LogP contribution in [0, 0.1) is 6.92 Å². The van der Waals surface area contributed by atoms with Crippen LogP contribution in [0.15, 0.2) is 18.2 Å². The zero-order valence-electron chi connectivity index (χ0n) is 12.6. The predicted molar refractivity (Wildman–Crippen MR) is 80.1 cm³/mol. The molecule has 0 saturated carbocycles. The van der Waals surface area contributed by atoms with Crippen molar-refractivity contribution >= 4 is 5.91 Å². The van der Waals surface area contributed by atoms with E-state index in [0.29, 0.717) is 5.56 Å². The number of aromatic hydroxyl groups is 1. The number of phenols is 1. The fourth-order valence-electron chi connectivity index (χ4n) is 2.80. The van der Waals surface area contributed by atoms with Crippen LogP contribution < -0.4 is 0 Å². The van der Waals surface area contributed by atoms with Crippen molar-refractivity contribution in [3.8, 4) is 5.75 Å². The zero-order chi connectivity index (χ0) is 14.7. The molecule has 1 amide bonds. The lowest BCUT2D eigenvalue weighted by molar-refractivity contribution is 0.0644. The number of hydrogen-bond donors (Lipinski definition) is 1. The third kappa shape index (κ3) is 3.12. The SMILES string of the molecule is CCN1CCC(N(C)C(=O)c2cc(C)ccc2O)CC1. The maximum Gasteiger partial charge on any atom is 0.257 e. The summed E-state index contributed by atoms with van der Waals surface area (Å²) in [7, 11) is 1.84. The summed E-state index contributed by atoms with van der Waals surface area (Å²) in [5, 5.41) is 9.88. The molecule has 1 fully saturated rings. The van der Waals surface area contributed by atoms with Gasteiger partial charge in [0.25, 0.3) is 5.91 Å². The van der Waals surface area contributed by atoms with Gasteiger partial charge in [-0.3, -0.25) is 4.79 Å². The molecule has 110 valence electrons. The minimum atomic E-state index is -0.0823. The lowest BCUT2D eigenvalue weighted by Gasteiger charge is -2.36. The van der Waals surface area contributed by atoms with E-state index in [1.165, 1.54) is 0 Å². The van der Waals surface area contributed by atoms with E-state index in [9.17, 15) is 9.90 Å². The van der Waals surface area contributed by atoms with E-state index < -0.39 is 0 Å². The Hall–Kier alpha value is -1.55.